The summed E-state index contributed by atoms with van der Waals surface area (Å²) in [5.41, 5.74) is 2.42. The predicted octanol–water partition coefficient (Wildman–Crippen LogP) is 2.15. The number of carbonyl (C=O) groups is 1. The Morgan fingerprint density at radius 2 is 2.03 bits per heavy atom. The Morgan fingerprint density at radius 1 is 1.21 bits per heavy atom. The molecule has 2 aromatic carbocycles. The minimum Gasteiger partial charge on any atom is -0.497 e. The molecule has 0 unspecified atom stereocenters. The topological polar surface area (TPSA) is 115 Å². The zero-order chi connectivity index (χ0) is 20.2. The second-order valence-corrected chi connectivity index (χ2v) is 6.13. The molecule has 0 spiro atoms. The summed E-state index contributed by atoms with van der Waals surface area (Å²) in [5.74, 6) is -0.165. The fourth-order valence-electron chi connectivity index (χ4n) is 2.83. The Morgan fingerprint density at radius 3 is 2.76 bits per heavy atom. The SMILES string of the molecule is COc1cccc(-c2nn(-c3ccccc3)cc2C(=O)NCc2noc(=O)[nH]2)c1. The molecule has 2 N–H and O–H groups in total. The molecule has 2 heterocycles. The van der Waals surface area contributed by atoms with Crippen LogP contribution in [-0.2, 0) is 6.54 Å². The van der Waals surface area contributed by atoms with E-state index in [9.17, 15) is 9.59 Å². The number of ether oxygens (including phenoxy) is 1. The summed E-state index contributed by atoms with van der Waals surface area (Å²) in [6.07, 6.45) is 1.66. The Labute approximate surface area is 164 Å². The smallest absolute Gasteiger partial charge is 0.438 e. The molecule has 0 fully saturated rings. The minimum atomic E-state index is -0.678. The van der Waals surface area contributed by atoms with Crippen LogP contribution in [0.5, 0.6) is 5.75 Å². The van der Waals surface area contributed by atoms with Gasteiger partial charge in [-0.3, -0.25) is 14.3 Å². The maximum Gasteiger partial charge on any atom is 0.438 e. The van der Waals surface area contributed by atoms with Gasteiger partial charge in [0.15, 0.2) is 5.82 Å². The normalized spacial score (nSPS) is 10.7. The molecular weight excluding hydrogens is 374 g/mol. The second-order valence-electron chi connectivity index (χ2n) is 6.13. The first-order valence-electron chi connectivity index (χ1n) is 8.76. The number of rotatable bonds is 6. The predicted molar refractivity (Wildman–Crippen MR) is 104 cm³/mol. The van der Waals surface area contributed by atoms with Crippen LogP contribution in [0.4, 0.5) is 0 Å². The van der Waals surface area contributed by atoms with Crippen LogP contribution in [0.1, 0.15) is 16.2 Å². The van der Waals surface area contributed by atoms with Crippen molar-refractivity contribution in [3.63, 3.8) is 0 Å². The molecule has 2 aromatic heterocycles. The molecule has 4 aromatic rings. The second kappa shape index (κ2) is 7.85. The molecule has 29 heavy (non-hydrogen) atoms. The molecule has 146 valence electrons. The molecular formula is C20H17N5O4. The Bertz CT molecular complexity index is 1190. The van der Waals surface area contributed by atoms with E-state index in [1.165, 1.54) is 0 Å². The molecule has 9 heteroatoms. The molecule has 0 aliphatic heterocycles. The van der Waals surface area contributed by atoms with Crippen molar-refractivity contribution in [2.24, 2.45) is 0 Å². The van der Waals surface area contributed by atoms with Crippen LogP contribution >= 0.6 is 0 Å². The first kappa shape index (κ1) is 18.2. The quantitative estimate of drug-likeness (QED) is 0.520. The van der Waals surface area contributed by atoms with Gasteiger partial charge in [-0.2, -0.15) is 5.10 Å². The molecule has 0 atom stereocenters. The number of methoxy groups -OCH3 is 1. The first-order chi connectivity index (χ1) is 14.1. The van der Waals surface area contributed by atoms with Crippen LogP contribution in [0, 0.1) is 0 Å². The van der Waals surface area contributed by atoms with E-state index in [1.54, 1.807) is 18.0 Å². The molecule has 0 aliphatic rings. The van der Waals surface area contributed by atoms with Crippen molar-refractivity contribution >= 4 is 5.91 Å². The van der Waals surface area contributed by atoms with Crippen molar-refractivity contribution in [2.45, 2.75) is 6.54 Å². The maximum atomic E-state index is 12.9. The van der Waals surface area contributed by atoms with Crippen molar-refractivity contribution in [2.75, 3.05) is 7.11 Å². The Hall–Kier alpha value is -4.14. The molecule has 0 saturated heterocycles. The van der Waals surface area contributed by atoms with E-state index >= 15 is 0 Å². The van der Waals surface area contributed by atoms with E-state index in [1.807, 2.05) is 54.6 Å². The van der Waals surface area contributed by atoms with Crippen molar-refractivity contribution in [1.82, 2.24) is 25.2 Å². The van der Waals surface area contributed by atoms with Gasteiger partial charge in [0, 0.05) is 11.8 Å². The highest BCUT2D eigenvalue weighted by Crippen LogP contribution is 2.27. The average molecular weight is 391 g/mol. The van der Waals surface area contributed by atoms with Gasteiger partial charge >= 0.3 is 5.76 Å². The van der Waals surface area contributed by atoms with Gasteiger partial charge in [-0.15, -0.1) is 0 Å². The van der Waals surface area contributed by atoms with Gasteiger partial charge in [0.2, 0.25) is 0 Å². The highest BCUT2D eigenvalue weighted by molar-refractivity contribution is 6.00. The van der Waals surface area contributed by atoms with E-state index in [0.717, 1.165) is 11.3 Å². The molecule has 0 radical (unpaired) electrons. The van der Waals surface area contributed by atoms with Crippen LogP contribution in [-0.4, -0.2) is 32.9 Å². The number of nitrogens with one attached hydrogen (secondary N) is 2. The molecule has 0 saturated carbocycles. The van der Waals surface area contributed by atoms with Crippen LogP contribution < -0.4 is 15.8 Å². The highest BCUT2D eigenvalue weighted by Gasteiger charge is 2.19. The monoisotopic (exact) mass is 391 g/mol. The number of aromatic amines is 1. The molecule has 9 nitrogen and oxygen atoms in total. The molecule has 0 aliphatic carbocycles. The van der Waals surface area contributed by atoms with Gasteiger partial charge in [-0.1, -0.05) is 35.5 Å². The third-order valence-corrected chi connectivity index (χ3v) is 4.22. The number of carbonyl (C=O) groups excluding carboxylic acids is 1. The summed E-state index contributed by atoms with van der Waals surface area (Å²) in [6.45, 7) is 0.0125. The third-order valence-electron chi connectivity index (χ3n) is 4.22. The van der Waals surface area contributed by atoms with E-state index in [0.29, 0.717) is 17.0 Å². The van der Waals surface area contributed by atoms with Crippen molar-refractivity contribution in [1.29, 1.82) is 0 Å². The molecule has 0 bridgehead atoms. The van der Waals surface area contributed by atoms with Crippen LogP contribution in [0.2, 0.25) is 0 Å². The fourth-order valence-corrected chi connectivity index (χ4v) is 2.83. The molecule has 1 amide bonds. The first-order valence-corrected chi connectivity index (χ1v) is 8.76. The Kier molecular flexibility index (Phi) is 4.93. The summed E-state index contributed by atoms with van der Waals surface area (Å²) in [6, 6.07) is 16.8. The van der Waals surface area contributed by atoms with Crippen molar-refractivity contribution in [3.8, 4) is 22.7 Å². The van der Waals surface area contributed by atoms with Crippen molar-refractivity contribution < 1.29 is 14.1 Å². The van der Waals surface area contributed by atoms with Gasteiger partial charge in [0.05, 0.1) is 24.9 Å². The summed E-state index contributed by atoms with van der Waals surface area (Å²) in [4.78, 5) is 26.3. The zero-order valence-corrected chi connectivity index (χ0v) is 15.5. The number of para-hydroxylation sites is 1. The summed E-state index contributed by atoms with van der Waals surface area (Å²) >= 11 is 0. The summed E-state index contributed by atoms with van der Waals surface area (Å²) in [7, 11) is 1.58. The number of H-pyrrole nitrogens is 1. The number of nitrogens with zero attached hydrogens (tertiary/aromatic N) is 3. The lowest BCUT2D eigenvalue weighted by Crippen LogP contribution is -2.24. The number of amides is 1. The lowest BCUT2D eigenvalue weighted by atomic mass is 10.1. The lowest BCUT2D eigenvalue weighted by molar-refractivity contribution is 0.0950. The average Bonchev–Trinajstić information content (AvgIpc) is 3.39. The van der Waals surface area contributed by atoms with E-state index in [2.05, 4.69) is 25.1 Å². The van der Waals surface area contributed by atoms with E-state index in [4.69, 9.17) is 4.74 Å². The summed E-state index contributed by atoms with van der Waals surface area (Å²) in [5, 5.41) is 10.9. The highest BCUT2D eigenvalue weighted by atomic mass is 16.5. The largest absolute Gasteiger partial charge is 0.497 e. The molecule has 4 rings (SSSR count). The fraction of sp³-hybridized carbons (Fsp3) is 0.100. The van der Waals surface area contributed by atoms with Gasteiger partial charge < -0.3 is 10.1 Å². The maximum absolute atomic E-state index is 12.9. The van der Waals surface area contributed by atoms with Crippen LogP contribution in [0.3, 0.4) is 0 Å². The lowest BCUT2D eigenvalue weighted by Gasteiger charge is -2.05. The number of aromatic nitrogens is 4. The Balaban J connectivity index is 1.71. The number of hydrogen-bond donors (Lipinski definition) is 2. The van der Waals surface area contributed by atoms with Crippen LogP contribution in [0.25, 0.3) is 16.9 Å². The standard InChI is InChI=1S/C20H17N5O4/c1-28-15-9-5-6-13(10-15)18-16(12-25(23-18)14-7-3-2-4-8-14)19(26)21-11-17-22-20(27)29-24-17/h2-10,12H,11H2,1H3,(H,21,26)(H,22,24,27). The minimum absolute atomic E-state index is 0.0125. The van der Waals surface area contributed by atoms with Crippen molar-refractivity contribution in [3.05, 3.63) is 82.7 Å². The van der Waals surface area contributed by atoms with Gasteiger partial charge in [0.1, 0.15) is 11.4 Å². The number of hydrogen-bond acceptors (Lipinski definition) is 6. The van der Waals surface area contributed by atoms with E-state index < -0.39 is 5.76 Å². The van der Waals surface area contributed by atoms with E-state index in [-0.39, 0.29) is 18.3 Å². The van der Waals surface area contributed by atoms with Gasteiger partial charge in [0.25, 0.3) is 5.91 Å². The third kappa shape index (κ3) is 3.93. The van der Waals surface area contributed by atoms with Crippen LogP contribution in [0.15, 0.2) is 70.1 Å². The van der Waals surface area contributed by atoms with Gasteiger partial charge in [-0.25, -0.2) is 9.48 Å². The summed E-state index contributed by atoms with van der Waals surface area (Å²) < 4.78 is 11.4. The zero-order valence-electron chi connectivity index (χ0n) is 15.5. The number of benzene rings is 2. The van der Waals surface area contributed by atoms with Gasteiger partial charge in [-0.05, 0) is 24.3 Å².